The van der Waals surface area contributed by atoms with E-state index >= 15 is 0 Å². The van der Waals surface area contributed by atoms with Crippen molar-refractivity contribution in [1.29, 1.82) is 0 Å². The van der Waals surface area contributed by atoms with Gasteiger partial charge in [0.15, 0.2) is 0 Å². The summed E-state index contributed by atoms with van der Waals surface area (Å²) in [5, 5.41) is 5.14. The van der Waals surface area contributed by atoms with Crippen LogP contribution in [-0.2, 0) is 16.1 Å². The molecule has 3 rings (SSSR count). The molecule has 1 aromatic carbocycles. The Morgan fingerprint density at radius 3 is 2.30 bits per heavy atom. The van der Waals surface area contributed by atoms with Crippen molar-refractivity contribution in [1.82, 2.24) is 14.7 Å². The van der Waals surface area contributed by atoms with Gasteiger partial charge in [-0.15, -0.1) is 11.3 Å². The summed E-state index contributed by atoms with van der Waals surface area (Å²) in [5.41, 5.74) is 4.33. The summed E-state index contributed by atoms with van der Waals surface area (Å²) in [6.07, 6.45) is 0. The Morgan fingerprint density at radius 1 is 1.03 bits per heavy atom. The van der Waals surface area contributed by atoms with Crippen molar-refractivity contribution in [3.8, 4) is 0 Å². The van der Waals surface area contributed by atoms with Crippen molar-refractivity contribution in [2.75, 3.05) is 51.6 Å². The number of nitrogens with zero attached hydrogens (tertiary/aromatic N) is 3. The molecule has 6 nitrogen and oxygen atoms in total. The molecule has 0 bridgehead atoms. The van der Waals surface area contributed by atoms with Crippen molar-refractivity contribution in [3.63, 3.8) is 0 Å². The van der Waals surface area contributed by atoms with Gasteiger partial charge in [0.1, 0.15) is 0 Å². The van der Waals surface area contributed by atoms with Crippen LogP contribution in [0.25, 0.3) is 0 Å². The van der Waals surface area contributed by atoms with Gasteiger partial charge in [-0.05, 0) is 56.0 Å². The van der Waals surface area contributed by atoms with E-state index in [1.165, 1.54) is 10.4 Å². The molecule has 30 heavy (non-hydrogen) atoms. The average molecular weight is 429 g/mol. The molecule has 0 unspecified atom stereocenters. The number of hydrogen-bond donors (Lipinski definition) is 1. The first kappa shape index (κ1) is 22.5. The molecule has 0 atom stereocenters. The van der Waals surface area contributed by atoms with Crippen molar-refractivity contribution in [2.24, 2.45) is 0 Å². The molecule has 1 aliphatic rings. The minimum absolute atomic E-state index is 0.00164. The van der Waals surface area contributed by atoms with E-state index in [1.807, 2.05) is 44.0 Å². The zero-order chi connectivity index (χ0) is 21.7. The largest absolute Gasteiger partial charge is 0.339 e. The lowest BCUT2D eigenvalue weighted by Gasteiger charge is -2.35. The summed E-state index contributed by atoms with van der Waals surface area (Å²) in [5.74, 6) is 0.157. The molecule has 2 aromatic rings. The smallest absolute Gasteiger partial charge is 0.238 e. The third-order valence-corrected chi connectivity index (χ3v) is 6.63. The number of thiophene rings is 1. The van der Waals surface area contributed by atoms with Crippen LogP contribution < -0.4 is 5.32 Å². The van der Waals surface area contributed by atoms with Gasteiger partial charge in [0.2, 0.25) is 11.8 Å². The molecule has 0 saturated carbocycles. The molecular weight excluding hydrogens is 396 g/mol. The highest BCUT2D eigenvalue weighted by Gasteiger charge is 2.23. The number of likely N-dealkylation sites (N-methyl/N-ethyl adjacent to an activating group) is 1. The molecule has 1 aromatic heterocycles. The first-order chi connectivity index (χ1) is 14.3. The summed E-state index contributed by atoms with van der Waals surface area (Å²) in [7, 11) is 1.99. The van der Waals surface area contributed by atoms with Crippen LogP contribution in [0.15, 0.2) is 29.6 Å². The molecular formula is C23H32N4O2S. The number of rotatable bonds is 7. The Balaban J connectivity index is 1.42. The molecule has 7 heteroatoms. The standard InChI is InChI=1S/C23H32N4O2S/c1-17-8-13-30-20(17)14-25(4)16-22(29)27-11-9-26(10-12-27)15-21(28)24-23-18(2)6-5-7-19(23)3/h5-8,13H,9-12,14-16H2,1-4H3,(H,24,28). The Labute approximate surface area is 183 Å². The molecule has 2 heterocycles. The number of aryl methyl sites for hydroxylation is 3. The Kier molecular flexibility index (Phi) is 7.64. The van der Waals surface area contributed by atoms with E-state index in [9.17, 15) is 9.59 Å². The van der Waals surface area contributed by atoms with Gasteiger partial charge in [0, 0.05) is 43.3 Å². The van der Waals surface area contributed by atoms with Crippen LogP contribution >= 0.6 is 11.3 Å². The van der Waals surface area contributed by atoms with Crippen LogP contribution in [-0.4, -0.2) is 72.8 Å². The zero-order valence-electron chi connectivity index (χ0n) is 18.4. The van der Waals surface area contributed by atoms with Crippen molar-refractivity contribution in [2.45, 2.75) is 27.3 Å². The topological polar surface area (TPSA) is 55.9 Å². The maximum Gasteiger partial charge on any atom is 0.238 e. The number of anilines is 1. The van der Waals surface area contributed by atoms with Gasteiger partial charge in [-0.1, -0.05) is 18.2 Å². The molecule has 162 valence electrons. The number of benzene rings is 1. The quantitative estimate of drug-likeness (QED) is 0.737. The third-order valence-electron chi connectivity index (χ3n) is 5.62. The van der Waals surface area contributed by atoms with Gasteiger partial charge in [-0.25, -0.2) is 0 Å². The number of piperazine rings is 1. The van der Waals surface area contributed by atoms with E-state index in [-0.39, 0.29) is 11.8 Å². The van der Waals surface area contributed by atoms with Gasteiger partial charge >= 0.3 is 0 Å². The molecule has 2 amide bonds. The van der Waals surface area contributed by atoms with E-state index in [4.69, 9.17) is 0 Å². The molecule has 1 N–H and O–H groups in total. The molecule has 1 fully saturated rings. The number of nitrogens with one attached hydrogen (secondary N) is 1. The lowest BCUT2D eigenvalue weighted by Crippen LogP contribution is -2.52. The fourth-order valence-corrected chi connectivity index (χ4v) is 4.73. The van der Waals surface area contributed by atoms with Crippen molar-refractivity contribution >= 4 is 28.8 Å². The molecule has 0 aliphatic carbocycles. The number of para-hydroxylation sites is 1. The van der Waals surface area contributed by atoms with E-state index in [1.54, 1.807) is 11.3 Å². The first-order valence-electron chi connectivity index (χ1n) is 10.4. The zero-order valence-corrected chi connectivity index (χ0v) is 19.2. The number of carbonyl (C=O) groups is 2. The van der Waals surface area contributed by atoms with E-state index < -0.39 is 0 Å². The second-order valence-corrected chi connectivity index (χ2v) is 9.17. The van der Waals surface area contributed by atoms with Crippen LogP contribution in [0.1, 0.15) is 21.6 Å². The minimum Gasteiger partial charge on any atom is -0.339 e. The van der Waals surface area contributed by atoms with Crippen molar-refractivity contribution < 1.29 is 9.59 Å². The van der Waals surface area contributed by atoms with Gasteiger partial charge in [-0.2, -0.15) is 0 Å². The predicted octanol–water partition coefficient (Wildman–Crippen LogP) is 2.89. The Bertz CT molecular complexity index is 867. The second kappa shape index (κ2) is 10.2. The van der Waals surface area contributed by atoms with Crippen molar-refractivity contribution in [3.05, 3.63) is 51.2 Å². The molecule has 0 radical (unpaired) electrons. The van der Waals surface area contributed by atoms with Crippen LogP contribution in [0.2, 0.25) is 0 Å². The molecule has 1 saturated heterocycles. The van der Waals surface area contributed by atoms with Crippen LogP contribution in [0.3, 0.4) is 0 Å². The van der Waals surface area contributed by atoms with Crippen LogP contribution in [0.5, 0.6) is 0 Å². The second-order valence-electron chi connectivity index (χ2n) is 8.17. The maximum atomic E-state index is 12.7. The summed E-state index contributed by atoms with van der Waals surface area (Å²) in [4.78, 5) is 32.6. The van der Waals surface area contributed by atoms with E-state index in [2.05, 4.69) is 33.5 Å². The Morgan fingerprint density at radius 2 is 1.70 bits per heavy atom. The number of hydrogen-bond acceptors (Lipinski definition) is 5. The van der Waals surface area contributed by atoms with Crippen LogP contribution in [0.4, 0.5) is 5.69 Å². The highest BCUT2D eigenvalue weighted by atomic mass is 32.1. The van der Waals surface area contributed by atoms with Crippen LogP contribution in [0, 0.1) is 20.8 Å². The fraction of sp³-hybridized carbons (Fsp3) is 0.478. The maximum absolute atomic E-state index is 12.7. The SMILES string of the molecule is Cc1ccsc1CN(C)CC(=O)N1CCN(CC(=O)Nc2c(C)cccc2C)CC1. The highest BCUT2D eigenvalue weighted by molar-refractivity contribution is 7.10. The fourth-order valence-electron chi connectivity index (χ4n) is 3.75. The average Bonchev–Trinajstić information content (AvgIpc) is 3.09. The highest BCUT2D eigenvalue weighted by Crippen LogP contribution is 2.19. The normalized spacial score (nSPS) is 14.9. The lowest BCUT2D eigenvalue weighted by molar-refractivity contribution is -0.134. The van der Waals surface area contributed by atoms with Gasteiger partial charge in [0.25, 0.3) is 0 Å². The number of carbonyl (C=O) groups excluding carboxylic acids is 2. The van der Waals surface area contributed by atoms with E-state index in [0.29, 0.717) is 26.2 Å². The monoisotopic (exact) mass is 428 g/mol. The first-order valence-corrected chi connectivity index (χ1v) is 11.3. The third kappa shape index (κ3) is 5.90. The summed E-state index contributed by atoms with van der Waals surface area (Å²) < 4.78 is 0. The van der Waals surface area contributed by atoms with Gasteiger partial charge in [-0.3, -0.25) is 19.4 Å². The Hall–Kier alpha value is -2.22. The van der Waals surface area contributed by atoms with Gasteiger partial charge < -0.3 is 10.2 Å². The molecule has 0 spiro atoms. The summed E-state index contributed by atoms with van der Waals surface area (Å²) in [6.45, 7) is 10.5. The lowest BCUT2D eigenvalue weighted by atomic mass is 10.1. The van der Waals surface area contributed by atoms with Gasteiger partial charge in [0.05, 0.1) is 13.1 Å². The summed E-state index contributed by atoms with van der Waals surface area (Å²) in [6, 6.07) is 8.12. The predicted molar refractivity (Wildman–Crippen MR) is 123 cm³/mol. The summed E-state index contributed by atoms with van der Waals surface area (Å²) >= 11 is 1.74. The molecule has 1 aliphatic heterocycles. The van der Waals surface area contributed by atoms with E-state index in [0.717, 1.165) is 36.4 Å². The number of amides is 2. The minimum atomic E-state index is -0.00164.